The Balaban J connectivity index is 1.71. The summed E-state index contributed by atoms with van der Waals surface area (Å²) < 4.78 is 7.80. The van der Waals surface area contributed by atoms with Gasteiger partial charge in [-0.25, -0.2) is 9.67 Å². The van der Waals surface area contributed by atoms with Gasteiger partial charge in [0.2, 0.25) is 5.82 Å². The van der Waals surface area contributed by atoms with Gasteiger partial charge in [-0.3, -0.25) is 4.79 Å². The van der Waals surface area contributed by atoms with Gasteiger partial charge in [-0.15, -0.1) is 5.10 Å². The summed E-state index contributed by atoms with van der Waals surface area (Å²) in [6.07, 6.45) is 0. The van der Waals surface area contributed by atoms with Crippen molar-refractivity contribution in [1.29, 1.82) is 0 Å². The molecule has 30 heavy (non-hydrogen) atoms. The fourth-order valence-electron chi connectivity index (χ4n) is 2.92. The Hall–Kier alpha value is -3.45. The third-order valence-corrected chi connectivity index (χ3v) is 5.07. The summed E-state index contributed by atoms with van der Waals surface area (Å²) in [6, 6.07) is 22.7. The quantitative estimate of drug-likeness (QED) is 0.438. The fourth-order valence-corrected chi connectivity index (χ4v) is 3.19. The molecule has 150 valence electrons. The third kappa shape index (κ3) is 4.26. The van der Waals surface area contributed by atoms with E-state index in [0.717, 1.165) is 21.3 Å². The van der Waals surface area contributed by atoms with Crippen LogP contribution >= 0.6 is 15.9 Å². The van der Waals surface area contributed by atoms with E-state index >= 15 is 0 Å². The molecule has 0 aliphatic heterocycles. The molecule has 0 bridgehead atoms. The number of benzene rings is 3. The fraction of sp³-hybridized carbons (Fsp3) is 0.0870. The Labute approximate surface area is 182 Å². The van der Waals surface area contributed by atoms with Crippen molar-refractivity contribution in [3.63, 3.8) is 0 Å². The van der Waals surface area contributed by atoms with Crippen molar-refractivity contribution >= 4 is 27.5 Å². The Kier molecular flexibility index (Phi) is 5.63. The van der Waals surface area contributed by atoms with Gasteiger partial charge in [0.25, 0.3) is 5.91 Å². The van der Waals surface area contributed by atoms with E-state index in [-0.39, 0.29) is 11.7 Å². The minimum atomic E-state index is -0.385. The number of carbonyl (C=O) groups excluding carboxylic acids is 1. The predicted octanol–water partition coefficient (Wildman–Crippen LogP) is 5.27. The number of ether oxygens (including phenoxy) is 1. The van der Waals surface area contributed by atoms with Gasteiger partial charge in [-0.1, -0.05) is 45.8 Å². The van der Waals surface area contributed by atoms with Crippen LogP contribution in [0.15, 0.2) is 77.3 Å². The summed E-state index contributed by atoms with van der Waals surface area (Å²) in [5, 5.41) is 7.33. The molecule has 1 N–H and O–H groups in total. The summed E-state index contributed by atoms with van der Waals surface area (Å²) >= 11 is 3.45. The number of nitrogens with zero attached hydrogens (tertiary/aromatic N) is 3. The molecule has 1 heterocycles. The second kappa shape index (κ2) is 8.51. The molecule has 0 atom stereocenters. The molecule has 1 amide bonds. The number of carbonyl (C=O) groups is 1. The monoisotopic (exact) mass is 462 g/mol. The van der Waals surface area contributed by atoms with Crippen molar-refractivity contribution in [1.82, 2.24) is 14.8 Å². The van der Waals surface area contributed by atoms with Crippen molar-refractivity contribution in [2.24, 2.45) is 0 Å². The number of methoxy groups -OCH3 is 1. The van der Waals surface area contributed by atoms with Gasteiger partial charge in [-0.05, 0) is 55.5 Å². The average Bonchev–Trinajstić information content (AvgIpc) is 3.21. The molecule has 3 aromatic carbocycles. The number of anilines is 1. The van der Waals surface area contributed by atoms with E-state index in [2.05, 4.69) is 31.3 Å². The molecule has 0 aliphatic carbocycles. The van der Waals surface area contributed by atoms with Gasteiger partial charge in [0.15, 0.2) is 5.82 Å². The van der Waals surface area contributed by atoms with Crippen LogP contribution in [0, 0.1) is 6.92 Å². The molecular weight excluding hydrogens is 444 g/mol. The molecule has 0 spiro atoms. The van der Waals surface area contributed by atoms with Crippen LogP contribution in [0.1, 0.15) is 16.2 Å². The molecule has 4 aromatic rings. The van der Waals surface area contributed by atoms with Crippen LogP contribution in [0.25, 0.3) is 17.1 Å². The zero-order chi connectivity index (χ0) is 21.1. The van der Waals surface area contributed by atoms with E-state index in [1.807, 2.05) is 55.5 Å². The van der Waals surface area contributed by atoms with Crippen molar-refractivity contribution < 1.29 is 9.53 Å². The number of hydrogen-bond donors (Lipinski definition) is 1. The van der Waals surface area contributed by atoms with E-state index < -0.39 is 0 Å². The standard InChI is InChI=1S/C23H19BrN4O2/c1-15-3-11-19(12-4-15)28-22(16-5-7-17(24)8-6-16)26-21(27-28)23(29)25-18-9-13-20(30-2)14-10-18/h3-14H,1-2H3,(H,25,29). The van der Waals surface area contributed by atoms with Crippen LogP contribution in [0.4, 0.5) is 5.69 Å². The first-order chi connectivity index (χ1) is 14.5. The lowest BCUT2D eigenvalue weighted by atomic mass is 10.2. The molecule has 1 aromatic heterocycles. The lowest BCUT2D eigenvalue weighted by Gasteiger charge is -2.06. The Morgan fingerprint density at radius 1 is 0.967 bits per heavy atom. The normalized spacial score (nSPS) is 10.6. The number of nitrogens with one attached hydrogen (secondary N) is 1. The van der Waals surface area contributed by atoms with E-state index in [0.29, 0.717) is 17.3 Å². The molecule has 6 nitrogen and oxygen atoms in total. The highest BCUT2D eigenvalue weighted by molar-refractivity contribution is 9.10. The van der Waals surface area contributed by atoms with E-state index in [1.54, 1.807) is 36.1 Å². The van der Waals surface area contributed by atoms with Crippen molar-refractivity contribution in [3.05, 3.63) is 88.7 Å². The number of aryl methyl sites for hydroxylation is 1. The van der Waals surface area contributed by atoms with Gasteiger partial charge >= 0.3 is 0 Å². The summed E-state index contributed by atoms with van der Waals surface area (Å²) in [4.78, 5) is 17.4. The van der Waals surface area contributed by atoms with Gasteiger partial charge < -0.3 is 10.1 Å². The maximum Gasteiger partial charge on any atom is 0.295 e. The first-order valence-electron chi connectivity index (χ1n) is 9.29. The summed E-state index contributed by atoms with van der Waals surface area (Å²) in [6.45, 7) is 2.02. The molecule has 7 heteroatoms. The number of aromatic nitrogens is 3. The number of halogens is 1. The molecule has 0 aliphatic rings. The first kappa shape index (κ1) is 19.8. The Bertz CT molecular complexity index is 1100. The summed E-state index contributed by atoms with van der Waals surface area (Å²) in [5.41, 5.74) is 3.46. The Morgan fingerprint density at radius 3 is 2.27 bits per heavy atom. The first-order valence-corrected chi connectivity index (χ1v) is 10.1. The third-order valence-electron chi connectivity index (χ3n) is 4.54. The molecule has 0 saturated carbocycles. The highest BCUT2D eigenvalue weighted by Gasteiger charge is 2.19. The average molecular weight is 463 g/mol. The highest BCUT2D eigenvalue weighted by Crippen LogP contribution is 2.24. The lowest BCUT2D eigenvalue weighted by molar-refractivity contribution is 0.101. The molecule has 0 fully saturated rings. The highest BCUT2D eigenvalue weighted by atomic mass is 79.9. The smallest absolute Gasteiger partial charge is 0.295 e. The van der Waals surface area contributed by atoms with Crippen LogP contribution < -0.4 is 10.1 Å². The van der Waals surface area contributed by atoms with Gasteiger partial charge in [0, 0.05) is 15.7 Å². The lowest BCUT2D eigenvalue weighted by Crippen LogP contribution is -2.14. The maximum absolute atomic E-state index is 12.8. The van der Waals surface area contributed by atoms with E-state index in [4.69, 9.17) is 4.74 Å². The van der Waals surface area contributed by atoms with Crippen LogP contribution in [-0.2, 0) is 0 Å². The van der Waals surface area contributed by atoms with Gasteiger partial charge in [0.1, 0.15) is 5.75 Å². The van der Waals surface area contributed by atoms with Crippen LogP contribution in [0.2, 0.25) is 0 Å². The largest absolute Gasteiger partial charge is 0.497 e. The minimum Gasteiger partial charge on any atom is -0.497 e. The van der Waals surface area contributed by atoms with Gasteiger partial charge in [-0.2, -0.15) is 0 Å². The minimum absolute atomic E-state index is 0.0873. The Morgan fingerprint density at radius 2 is 1.63 bits per heavy atom. The van der Waals surface area contributed by atoms with E-state index in [9.17, 15) is 4.79 Å². The molecular formula is C23H19BrN4O2. The molecule has 0 saturated heterocycles. The van der Waals surface area contributed by atoms with Crippen LogP contribution in [0.3, 0.4) is 0 Å². The van der Waals surface area contributed by atoms with Gasteiger partial charge in [0.05, 0.1) is 12.8 Å². The van der Waals surface area contributed by atoms with E-state index in [1.165, 1.54) is 0 Å². The number of hydrogen-bond acceptors (Lipinski definition) is 4. The van der Waals surface area contributed by atoms with Crippen LogP contribution in [-0.4, -0.2) is 27.8 Å². The number of rotatable bonds is 5. The van der Waals surface area contributed by atoms with Crippen molar-refractivity contribution in [3.8, 4) is 22.8 Å². The second-order valence-corrected chi connectivity index (χ2v) is 7.61. The molecule has 0 radical (unpaired) electrons. The maximum atomic E-state index is 12.8. The summed E-state index contributed by atoms with van der Waals surface area (Å²) in [7, 11) is 1.60. The van der Waals surface area contributed by atoms with Crippen LogP contribution in [0.5, 0.6) is 5.75 Å². The molecule has 4 rings (SSSR count). The zero-order valence-corrected chi connectivity index (χ0v) is 18.1. The second-order valence-electron chi connectivity index (χ2n) is 6.70. The zero-order valence-electron chi connectivity index (χ0n) is 16.5. The van der Waals surface area contributed by atoms with Crippen molar-refractivity contribution in [2.45, 2.75) is 6.92 Å². The predicted molar refractivity (Wildman–Crippen MR) is 120 cm³/mol. The topological polar surface area (TPSA) is 69.0 Å². The molecule has 0 unspecified atom stereocenters. The van der Waals surface area contributed by atoms with Crippen molar-refractivity contribution in [2.75, 3.05) is 12.4 Å². The summed E-state index contributed by atoms with van der Waals surface area (Å²) in [5.74, 6) is 1.01. The number of amides is 1. The SMILES string of the molecule is COc1ccc(NC(=O)c2nc(-c3ccc(Br)cc3)n(-c3ccc(C)cc3)n2)cc1.